The quantitative estimate of drug-likeness (QED) is 0.518. The molecule has 1 saturated heterocycles. The number of aliphatic hydroxyl groups excluding tert-OH is 1. The van der Waals surface area contributed by atoms with Gasteiger partial charge in [0.25, 0.3) is 11.5 Å². The summed E-state index contributed by atoms with van der Waals surface area (Å²) in [5.41, 5.74) is 2.14. The number of aromatic nitrogens is 2. The van der Waals surface area contributed by atoms with Gasteiger partial charge in [0, 0.05) is 43.7 Å². The maximum absolute atomic E-state index is 13.7. The minimum Gasteiger partial charge on any atom is -0.459 e. The number of hydrogen-bond donors (Lipinski definition) is 1. The third-order valence-corrected chi connectivity index (χ3v) is 7.15. The molecule has 0 aliphatic carbocycles. The molecular weight excluding hydrogens is 474 g/mol. The fourth-order valence-corrected chi connectivity index (χ4v) is 5.14. The lowest BCUT2D eigenvalue weighted by molar-refractivity contribution is -0.156. The van der Waals surface area contributed by atoms with Gasteiger partial charge in [0.1, 0.15) is 0 Å². The van der Waals surface area contributed by atoms with Crippen LogP contribution in [0, 0.1) is 6.92 Å². The first-order valence-corrected chi connectivity index (χ1v) is 13.3. The molecule has 1 N–H and O–H groups in total. The summed E-state index contributed by atoms with van der Waals surface area (Å²) in [7, 11) is 1.87. The summed E-state index contributed by atoms with van der Waals surface area (Å²) in [5, 5.41) is 8.92. The van der Waals surface area contributed by atoms with Gasteiger partial charge in [0.05, 0.1) is 32.1 Å². The van der Waals surface area contributed by atoms with Crippen molar-refractivity contribution in [2.75, 3.05) is 39.5 Å². The first-order valence-electron chi connectivity index (χ1n) is 13.3. The predicted molar refractivity (Wildman–Crippen MR) is 140 cm³/mol. The smallest absolute Gasteiger partial charge is 0.288 e. The van der Waals surface area contributed by atoms with Crippen LogP contribution in [0.3, 0.4) is 0 Å². The number of carbonyl (C=O) groups is 1. The molecule has 1 aromatic heterocycles. The number of allylic oxidation sites excluding steroid dienone is 1. The van der Waals surface area contributed by atoms with Crippen LogP contribution in [0.4, 0.5) is 0 Å². The Hall–Kier alpha value is -2.88. The second-order valence-electron chi connectivity index (χ2n) is 9.66. The van der Waals surface area contributed by atoms with Crippen LogP contribution in [0.5, 0.6) is 0 Å². The van der Waals surface area contributed by atoms with Crippen LogP contribution in [-0.2, 0) is 26.1 Å². The van der Waals surface area contributed by atoms with Crippen LogP contribution in [0.1, 0.15) is 55.7 Å². The molecule has 9 nitrogen and oxygen atoms in total. The molecule has 1 amide bonds. The molecule has 2 atom stereocenters. The number of hydrogen-bond acceptors (Lipinski definition) is 6. The molecule has 2 aromatic rings. The number of aliphatic hydroxyl groups is 1. The van der Waals surface area contributed by atoms with E-state index in [1.807, 2.05) is 60.0 Å². The Kier molecular flexibility index (Phi) is 9.60. The Morgan fingerprint density at radius 3 is 2.46 bits per heavy atom. The lowest BCUT2D eigenvalue weighted by atomic mass is 9.93. The van der Waals surface area contributed by atoms with E-state index in [0.29, 0.717) is 31.7 Å². The summed E-state index contributed by atoms with van der Waals surface area (Å²) in [6.07, 6.45) is 6.92. The Bertz CT molecular complexity index is 1110. The van der Waals surface area contributed by atoms with Crippen molar-refractivity contribution in [3.8, 4) is 5.69 Å². The van der Waals surface area contributed by atoms with E-state index in [1.165, 1.54) is 6.42 Å². The lowest BCUT2D eigenvalue weighted by Gasteiger charge is -2.32. The lowest BCUT2D eigenvalue weighted by Crippen LogP contribution is -2.38. The van der Waals surface area contributed by atoms with E-state index in [2.05, 4.69) is 0 Å². The molecular formula is C28H39N3O6. The number of amides is 1. The number of rotatable bonds is 9. The second-order valence-corrected chi connectivity index (χ2v) is 9.66. The standard InChI is InChI=1S/C28H39N3O6/c1-21-26(28(34)31(29(21)2)23-11-7-6-8-12-23)22-19-24(27(33)30-13-9-4-3-5-10-14-30)37-25(20-22)36-18-17-35-16-15-32/h6-8,11-12,19,22,25,32H,3-5,9-10,13-18,20H2,1-2H3/t22-,25+/m0/s1. The largest absolute Gasteiger partial charge is 0.459 e. The van der Waals surface area contributed by atoms with Gasteiger partial charge in [-0.1, -0.05) is 37.5 Å². The molecule has 0 unspecified atom stereocenters. The first kappa shape index (κ1) is 27.2. The van der Waals surface area contributed by atoms with Crippen LogP contribution in [-0.4, -0.2) is 71.1 Å². The van der Waals surface area contributed by atoms with Crippen molar-refractivity contribution < 1.29 is 24.1 Å². The Balaban J connectivity index is 1.63. The van der Waals surface area contributed by atoms with Crippen molar-refractivity contribution in [3.63, 3.8) is 0 Å². The summed E-state index contributed by atoms with van der Waals surface area (Å²) >= 11 is 0. The molecule has 202 valence electrons. The summed E-state index contributed by atoms with van der Waals surface area (Å²) < 4.78 is 20.8. The van der Waals surface area contributed by atoms with E-state index >= 15 is 0 Å². The number of carbonyl (C=O) groups excluding carboxylic acids is 1. The van der Waals surface area contributed by atoms with Gasteiger partial charge in [-0.3, -0.25) is 14.3 Å². The van der Waals surface area contributed by atoms with Crippen molar-refractivity contribution in [1.29, 1.82) is 0 Å². The van der Waals surface area contributed by atoms with Gasteiger partial charge < -0.3 is 24.2 Å². The summed E-state index contributed by atoms with van der Waals surface area (Å²) in [6.45, 7) is 4.07. The van der Waals surface area contributed by atoms with Gasteiger partial charge in [-0.15, -0.1) is 0 Å². The molecule has 0 saturated carbocycles. The molecule has 0 bridgehead atoms. The van der Waals surface area contributed by atoms with Crippen molar-refractivity contribution in [1.82, 2.24) is 14.3 Å². The van der Waals surface area contributed by atoms with Crippen molar-refractivity contribution in [3.05, 3.63) is 63.8 Å². The number of ether oxygens (including phenoxy) is 3. The molecule has 2 aliphatic rings. The average Bonchev–Trinajstić information content (AvgIpc) is 3.11. The van der Waals surface area contributed by atoms with E-state index in [4.69, 9.17) is 19.3 Å². The van der Waals surface area contributed by atoms with Crippen molar-refractivity contribution in [2.24, 2.45) is 7.05 Å². The van der Waals surface area contributed by atoms with Crippen molar-refractivity contribution >= 4 is 5.91 Å². The fraction of sp³-hybridized carbons (Fsp3) is 0.571. The van der Waals surface area contributed by atoms with Gasteiger partial charge in [-0.05, 0) is 38.0 Å². The minimum atomic E-state index is -0.689. The van der Waals surface area contributed by atoms with E-state index in [-0.39, 0.29) is 43.0 Å². The van der Waals surface area contributed by atoms with Gasteiger partial charge >= 0.3 is 0 Å². The third-order valence-electron chi connectivity index (χ3n) is 7.15. The fourth-order valence-electron chi connectivity index (χ4n) is 5.14. The summed E-state index contributed by atoms with van der Waals surface area (Å²) in [4.78, 5) is 29.1. The number of para-hydroxylation sites is 1. The second kappa shape index (κ2) is 13.1. The average molecular weight is 514 g/mol. The first-order chi connectivity index (χ1) is 18.0. The van der Waals surface area contributed by atoms with Gasteiger partial charge in [0.15, 0.2) is 5.76 Å². The monoisotopic (exact) mass is 513 g/mol. The zero-order valence-corrected chi connectivity index (χ0v) is 21.9. The normalized spacial score (nSPS) is 20.6. The molecule has 1 aromatic carbocycles. The Morgan fingerprint density at radius 2 is 1.76 bits per heavy atom. The highest BCUT2D eigenvalue weighted by atomic mass is 16.7. The highest BCUT2D eigenvalue weighted by Crippen LogP contribution is 2.33. The van der Waals surface area contributed by atoms with Crippen LogP contribution < -0.4 is 5.56 Å². The number of nitrogens with zero attached hydrogens (tertiary/aromatic N) is 3. The highest BCUT2D eigenvalue weighted by molar-refractivity contribution is 5.91. The molecule has 9 heteroatoms. The summed E-state index contributed by atoms with van der Waals surface area (Å²) in [6, 6.07) is 9.53. The van der Waals surface area contributed by atoms with E-state index in [9.17, 15) is 9.59 Å². The molecule has 0 spiro atoms. The number of likely N-dealkylation sites (tertiary alicyclic amines) is 1. The van der Waals surface area contributed by atoms with Crippen molar-refractivity contribution in [2.45, 2.75) is 57.7 Å². The molecule has 4 rings (SSSR count). The van der Waals surface area contributed by atoms with Crippen LogP contribution >= 0.6 is 0 Å². The van der Waals surface area contributed by atoms with Gasteiger partial charge in [0.2, 0.25) is 6.29 Å². The molecule has 1 fully saturated rings. The predicted octanol–water partition coefficient (Wildman–Crippen LogP) is 3.02. The molecule has 37 heavy (non-hydrogen) atoms. The number of benzene rings is 1. The van der Waals surface area contributed by atoms with Crippen LogP contribution in [0.2, 0.25) is 0 Å². The maximum atomic E-state index is 13.7. The zero-order chi connectivity index (χ0) is 26.2. The van der Waals surface area contributed by atoms with E-state index < -0.39 is 6.29 Å². The SMILES string of the molecule is Cc1c([C@H]2C=C(C(=O)N3CCCCCCC3)O[C@@H](OCCOCCO)C2)c(=O)n(-c2ccccc2)n1C. The maximum Gasteiger partial charge on any atom is 0.288 e. The summed E-state index contributed by atoms with van der Waals surface area (Å²) in [5.74, 6) is -0.241. The van der Waals surface area contributed by atoms with E-state index in [0.717, 1.165) is 37.1 Å². The minimum absolute atomic E-state index is 0.0554. The zero-order valence-electron chi connectivity index (χ0n) is 21.9. The Labute approximate surface area is 218 Å². The Morgan fingerprint density at radius 1 is 1.05 bits per heavy atom. The molecule has 3 heterocycles. The van der Waals surface area contributed by atoms with E-state index in [1.54, 1.807) is 4.68 Å². The molecule has 0 radical (unpaired) electrons. The molecule has 2 aliphatic heterocycles. The topological polar surface area (TPSA) is 95.2 Å². The third kappa shape index (κ3) is 6.52. The van der Waals surface area contributed by atoms with Crippen LogP contribution in [0.25, 0.3) is 5.69 Å². The van der Waals surface area contributed by atoms with Gasteiger partial charge in [-0.25, -0.2) is 4.68 Å². The van der Waals surface area contributed by atoms with Gasteiger partial charge in [-0.2, -0.15) is 0 Å². The highest BCUT2D eigenvalue weighted by Gasteiger charge is 2.34. The van der Waals surface area contributed by atoms with Crippen LogP contribution in [0.15, 0.2) is 47.0 Å².